The number of likely N-dealkylation sites (tertiary alicyclic amines) is 1. The highest BCUT2D eigenvalue weighted by Crippen LogP contribution is 2.55. The quantitative estimate of drug-likeness (QED) is 0.835. The largest absolute Gasteiger partial charge is 0.388 e. The lowest BCUT2D eigenvalue weighted by molar-refractivity contribution is -0.179. The molecule has 1 spiro atoms. The van der Waals surface area contributed by atoms with Gasteiger partial charge in [0.05, 0.1) is 5.60 Å². The Kier molecular flexibility index (Phi) is 3.20. The predicted molar refractivity (Wildman–Crippen MR) is 71.5 cm³/mol. The smallest absolute Gasteiger partial charge is 0.0818 e. The molecule has 1 saturated carbocycles. The van der Waals surface area contributed by atoms with E-state index >= 15 is 0 Å². The Hall–Kier alpha value is -0.120. The zero-order valence-corrected chi connectivity index (χ0v) is 11.8. The second kappa shape index (κ2) is 4.46. The lowest BCUT2D eigenvalue weighted by atomic mass is 9.55. The molecule has 18 heavy (non-hydrogen) atoms. The van der Waals surface area contributed by atoms with E-state index in [1.165, 1.54) is 25.8 Å². The van der Waals surface area contributed by atoms with Crippen molar-refractivity contribution in [3.8, 4) is 0 Å². The van der Waals surface area contributed by atoms with Crippen molar-refractivity contribution in [2.75, 3.05) is 26.3 Å². The minimum absolute atomic E-state index is 0.489. The van der Waals surface area contributed by atoms with Gasteiger partial charge in [0.2, 0.25) is 0 Å². The first-order valence-corrected chi connectivity index (χ1v) is 7.59. The molecule has 2 heterocycles. The molecular weight excluding hydrogens is 226 g/mol. The van der Waals surface area contributed by atoms with E-state index in [2.05, 4.69) is 18.7 Å². The van der Waals surface area contributed by atoms with Crippen molar-refractivity contribution < 1.29 is 9.84 Å². The average Bonchev–Trinajstić information content (AvgIpc) is 2.21. The summed E-state index contributed by atoms with van der Waals surface area (Å²) in [5, 5.41) is 10.6. The van der Waals surface area contributed by atoms with E-state index in [-0.39, 0.29) is 0 Å². The highest BCUT2D eigenvalue weighted by molar-refractivity contribution is 5.10. The number of aliphatic hydroxyl groups is 1. The summed E-state index contributed by atoms with van der Waals surface area (Å²) in [5.74, 6) is 0.711. The van der Waals surface area contributed by atoms with Crippen LogP contribution in [0.5, 0.6) is 0 Å². The van der Waals surface area contributed by atoms with E-state index in [0.717, 1.165) is 32.6 Å². The molecule has 3 aliphatic rings. The van der Waals surface area contributed by atoms with Crippen LogP contribution in [-0.4, -0.2) is 48.0 Å². The Labute approximate surface area is 110 Å². The summed E-state index contributed by atoms with van der Waals surface area (Å²) in [6.07, 6.45) is 5.85. The van der Waals surface area contributed by atoms with Crippen LogP contribution in [0, 0.1) is 11.3 Å². The highest BCUT2D eigenvalue weighted by Gasteiger charge is 2.57. The maximum atomic E-state index is 10.6. The van der Waals surface area contributed by atoms with Crippen molar-refractivity contribution in [2.45, 2.75) is 57.6 Å². The van der Waals surface area contributed by atoms with Crippen LogP contribution in [-0.2, 0) is 4.74 Å². The normalized spacial score (nSPS) is 34.3. The Morgan fingerprint density at radius 1 is 1.22 bits per heavy atom. The monoisotopic (exact) mass is 253 g/mol. The summed E-state index contributed by atoms with van der Waals surface area (Å²) in [5.41, 5.74) is 0.131. The molecule has 1 unspecified atom stereocenters. The third-order valence-corrected chi connectivity index (χ3v) is 5.44. The predicted octanol–water partition coefficient (Wildman–Crippen LogP) is 2.04. The summed E-state index contributed by atoms with van der Waals surface area (Å²) in [6, 6.07) is 0.707. The number of β-amino-alcohol motifs (C(OH)–C–C–N with tert-alkyl or cyclic N) is 1. The van der Waals surface area contributed by atoms with E-state index in [1.54, 1.807) is 0 Å². The van der Waals surface area contributed by atoms with Gasteiger partial charge in [0, 0.05) is 45.2 Å². The SMILES string of the molecule is CC(C)C1N(CC2(O)CCOCC2)CC12CCC2. The number of ether oxygens (including phenoxy) is 1. The van der Waals surface area contributed by atoms with Gasteiger partial charge in [-0.15, -0.1) is 0 Å². The van der Waals surface area contributed by atoms with E-state index in [9.17, 15) is 5.11 Å². The van der Waals surface area contributed by atoms with Gasteiger partial charge in [-0.05, 0) is 24.2 Å². The fourth-order valence-electron chi connectivity index (χ4n) is 4.53. The molecular formula is C15H27NO2. The zero-order valence-electron chi connectivity index (χ0n) is 11.8. The van der Waals surface area contributed by atoms with E-state index < -0.39 is 5.60 Å². The van der Waals surface area contributed by atoms with Crippen LogP contribution in [0.25, 0.3) is 0 Å². The standard InChI is InChI=1S/C15H27NO2/c1-12(2)13-14(4-3-5-14)10-16(13)11-15(17)6-8-18-9-7-15/h12-13,17H,3-11H2,1-2H3. The lowest BCUT2D eigenvalue weighted by Crippen LogP contribution is -2.71. The maximum absolute atomic E-state index is 10.6. The van der Waals surface area contributed by atoms with Crippen molar-refractivity contribution in [1.82, 2.24) is 4.90 Å². The van der Waals surface area contributed by atoms with Crippen LogP contribution in [0.3, 0.4) is 0 Å². The molecule has 1 atom stereocenters. The van der Waals surface area contributed by atoms with Crippen LogP contribution in [0.2, 0.25) is 0 Å². The van der Waals surface area contributed by atoms with E-state index in [4.69, 9.17) is 4.74 Å². The van der Waals surface area contributed by atoms with Crippen molar-refractivity contribution in [3.05, 3.63) is 0 Å². The molecule has 0 aromatic carbocycles. The Balaban J connectivity index is 1.63. The van der Waals surface area contributed by atoms with Crippen molar-refractivity contribution in [1.29, 1.82) is 0 Å². The third-order valence-electron chi connectivity index (χ3n) is 5.44. The van der Waals surface area contributed by atoms with Gasteiger partial charge in [0.15, 0.2) is 0 Å². The fraction of sp³-hybridized carbons (Fsp3) is 1.00. The van der Waals surface area contributed by atoms with Gasteiger partial charge in [0.25, 0.3) is 0 Å². The minimum Gasteiger partial charge on any atom is -0.388 e. The summed E-state index contributed by atoms with van der Waals surface area (Å²) in [6.45, 7) is 8.21. The maximum Gasteiger partial charge on any atom is 0.0818 e. The zero-order chi connectivity index (χ0) is 12.8. The molecule has 0 radical (unpaired) electrons. The van der Waals surface area contributed by atoms with Crippen LogP contribution in [0.1, 0.15) is 46.0 Å². The molecule has 1 aliphatic carbocycles. The number of nitrogens with zero attached hydrogens (tertiary/aromatic N) is 1. The Morgan fingerprint density at radius 2 is 1.89 bits per heavy atom. The molecule has 104 valence electrons. The number of hydrogen-bond acceptors (Lipinski definition) is 3. The first kappa shape index (κ1) is 12.9. The second-order valence-electron chi connectivity index (χ2n) is 7.15. The summed E-state index contributed by atoms with van der Waals surface area (Å²) >= 11 is 0. The van der Waals surface area contributed by atoms with Gasteiger partial charge in [-0.25, -0.2) is 0 Å². The van der Waals surface area contributed by atoms with Gasteiger partial charge in [0.1, 0.15) is 0 Å². The first-order valence-electron chi connectivity index (χ1n) is 7.59. The third kappa shape index (κ3) is 2.00. The number of rotatable bonds is 3. The van der Waals surface area contributed by atoms with Crippen LogP contribution < -0.4 is 0 Å². The van der Waals surface area contributed by atoms with Gasteiger partial charge in [-0.2, -0.15) is 0 Å². The summed E-state index contributed by atoms with van der Waals surface area (Å²) < 4.78 is 5.37. The molecule has 3 nitrogen and oxygen atoms in total. The van der Waals surface area contributed by atoms with E-state index in [0.29, 0.717) is 17.4 Å². The lowest BCUT2D eigenvalue weighted by Gasteiger charge is -2.65. The topological polar surface area (TPSA) is 32.7 Å². The Morgan fingerprint density at radius 3 is 2.39 bits per heavy atom. The fourth-order valence-corrected chi connectivity index (χ4v) is 4.53. The second-order valence-corrected chi connectivity index (χ2v) is 7.15. The summed E-state index contributed by atoms with van der Waals surface area (Å²) in [7, 11) is 0. The van der Waals surface area contributed by atoms with Crippen molar-refractivity contribution in [2.24, 2.45) is 11.3 Å². The molecule has 0 amide bonds. The summed E-state index contributed by atoms with van der Waals surface area (Å²) in [4.78, 5) is 2.55. The van der Waals surface area contributed by atoms with Crippen LogP contribution in [0.15, 0.2) is 0 Å². The number of hydrogen-bond donors (Lipinski definition) is 1. The Bertz CT molecular complexity index is 306. The highest BCUT2D eigenvalue weighted by atomic mass is 16.5. The van der Waals surface area contributed by atoms with Crippen molar-refractivity contribution in [3.63, 3.8) is 0 Å². The molecule has 3 rings (SSSR count). The van der Waals surface area contributed by atoms with Gasteiger partial charge >= 0.3 is 0 Å². The van der Waals surface area contributed by atoms with Gasteiger partial charge < -0.3 is 9.84 Å². The first-order chi connectivity index (χ1) is 8.55. The van der Waals surface area contributed by atoms with E-state index in [1.807, 2.05) is 0 Å². The van der Waals surface area contributed by atoms with Gasteiger partial charge in [-0.1, -0.05) is 20.3 Å². The molecule has 0 aromatic heterocycles. The average molecular weight is 253 g/mol. The van der Waals surface area contributed by atoms with Gasteiger partial charge in [-0.3, -0.25) is 4.90 Å². The van der Waals surface area contributed by atoms with Crippen LogP contribution >= 0.6 is 0 Å². The molecule has 3 heteroatoms. The molecule has 3 fully saturated rings. The molecule has 0 bridgehead atoms. The molecule has 2 aliphatic heterocycles. The minimum atomic E-state index is -0.489. The van der Waals surface area contributed by atoms with Crippen LogP contribution in [0.4, 0.5) is 0 Å². The molecule has 1 N–H and O–H groups in total. The molecule has 0 aromatic rings. The molecule has 2 saturated heterocycles. The van der Waals surface area contributed by atoms with Crippen molar-refractivity contribution >= 4 is 0 Å².